The summed E-state index contributed by atoms with van der Waals surface area (Å²) >= 11 is 0. The molecule has 0 heterocycles. The third kappa shape index (κ3) is 5.44. The summed E-state index contributed by atoms with van der Waals surface area (Å²) in [5.74, 6) is 0.884. The molecule has 2 N–H and O–H groups in total. The molecule has 0 radical (unpaired) electrons. The predicted molar refractivity (Wildman–Crippen MR) is 84.8 cm³/mol. The molecule has 1 rings (SSSR count). The average Bonchev–Trinajstić information content (AvgIpc) is 2.34. The van der Waals surface area contributed by atoms with Gasteiger partial charge in [0, 0.05) is 0 Å². The molecule has 124 valence electrons. The van der Waals surface area contributed by atoms with Crippen molar-refractivity contribution in [3.63, 3.8) is 0 Å². The maximum absolute atomic E-state index is 12.0. The number of rotatable bonds is 5. The molecule has 0 spiro atoms. The first-order valence-electron chi connectivity index (χ1n) is 7.09. The van der Waals surface area contributed by atoms with Gasteiger partial charge in [-0.05, 0) is 51.8 Å². The van der Waals surface area contributed by atoms with Crippen molar-refractivity contribution in [3.8, 4) is 11.5 Å². The molecular weight excluding hydrogens is 286 g/mol. The molecule has 0 aromatic heterocycles. The number of hydrogen-bond acceptors (Lipinski definition) is 5. The summed E-state index contributed by atoms with van der Waals surface area (Å²) in [6, 6.07) is 3.50. The van der Waals surface area contributed by atoms with Crippen molar-refractivity contribution in [2.24, 2.45) is 0 Å². The molecular formula is C16H25NO5. The van der Waals surface area contributed by atoms with Gasteiger partial charge >= 0.3 is 6.09 Å². The minimum atomic E-state index is -0.599. The summed E-state index contributed by atoms with van der Waals surface area (Å²) in [5, 5.41) is 12.2. The van der Waals surface area contributed by atoms with Crippen LogP contribution in [-0.4, -0.2) is 37.1 Å². The molecule has 0 bridgehead atoms. The van der Waals surface area contributed by atoms with Gasteiger partial charge in [-0.3, -0.25) is 5.32 Å². The van der Waals surface area contributed by atoms with Gasteiger partial charge in [-0.2, -0.15) is 0 Å². The molecule has 0 aliphatic rings. The first-order valence-corrected chi connectivity index (χ1v) is 7.09. The highest BCUT2D eigenvalue weighted by molar-refractivity contribution is 5.88. The van der Waals surface area contributed by atoms with Crippen LogP contribution in [0.4, 0.5) is 10.5 Å². The van der Waals surface area contributed by atoms with E-state index in [9.17, 15) is 9.90 Å². The smallest absolute Gasteiger partial charge is 0.412 e. The van der Waals surface area contributed by atoms with E-state index in [0.29, 0.717) is 23.6 Å². The van der Waals surface area contributed by atoms with E-state index in [1.165, 1.54) is 14.2 Å². The number of carbonyl (C=O) groups excluding carboxylic acids is 1. The lowest BCUT2D eigenvalue weighted by atomic mass is 10.1. The van der Waals surface area contributed by atoms with Crippen molar-refractivity contribution in [3.05, 3.63) is 17.7 Å². The highest BCUT2D eigenvalue weighted by atomic mass is 16.6. The van der Waals surface area contributed by atoms with E-state index in [4.69, 9.17) is 14.2 Å². The minimum Gasteiger partial charge on any atom is -0.493 e. The van der Waals surface area contributed by atoms with Crippen LogP contribution in [0.15, 0.2) is 12.1 Å². The Hall–Kier alpha value is -1.95. The minimum absolute atomic E-state index is 0.405. The monoisotopic (exact) mass is 311 g/mol. The molecule has 1 aromatic carbocycles. The Balaban J connectivity index is 3.11. The molecule has 1 unspecified atom stereocenters. The van der Waals surface area contributed by atoms with Crippen LogP contribution >= 0.6 is 0 Å². The van der Waals surface area contributed by atoms with Crippen LogP contribution in [0.25, 0.3) is 0 Å². The van der Waals surface area contributed by atoms with Crippen LogP contribution in [-0.2, 0) is 11.2 Å². The normalized spacial score (nSPS) is 12.5. The van der Waals surface area contributed by atoms with Gasteiger partial charge in [0.05, 0.1) is 26.0 Å². The van der Waals surface area contributed by atoms with E-state index in [1.54, 1.807) is 39.8 Å². The van der Waals surface area contributed by atoms with Crippen molar-refractivity contribution in [2.75, 3.05) is 19.5 Å². The number of carbonyl (C=O) groups is 1. The number of nitrogens with one attached hydrogen (secondary N) is 1. The van der Waals surface area contributed by atoms with Crippen LogP contribution in [0, 0.1) is 0 Å². The number of anilines is 1. The predicted octanol–water partition coefficient (Wildman–Crippen LogP) is 2.97. The van der Waals surface area contributed by atoms with Gasteiger partial charge in [0.25, 0.3) is 0 Å². The van der Waals surface area contributed by atoms with Gasteiger partial charge < -0.3 is 19.3 Å². The largest absolute Gasteiger partial charge is 0.493 e. The Morgan fingerprint density at radius 1 is 1.27 bits per heavy atom. The van der Waals surface area contributed by atoms with Crippen molar-refractivity contribution in [2.45, 2.75) is 45.8 Å². The number of hydrogen-bond donors (Lipinski definition) is 2. The number of benzene rings is 1. The van der Waals surface area contributed by atoms with Gasteiger partial charge in [0.2, 0.25) is 0 Å². The topological polar surface area (TPSA) is 77.0 Å². The fourth-order valence-electron chi connectivity index (χ4n) is 1.99. The summed E-state index contributed by atoms with van der Waals surface area (Å²) in [6.07, 6.45) is -0.655. The number of aliphatic hydroxyl groups is 1. The molecule has 1 aromatic rings. The second-order valence-electron chi connectivity index (χ2n) is 6.06. The van der Waals surface area contributed by atoms with Crippen molar-refractivity contribution in [1.82, 2.24) is 0 Å². The van der Waals surface area contributed by atoms with E-state index < -0.39 is 17.8 Å². The number of amides is 1. The Morgan fingerprint density at radius 3 is 2.36 bits per heavy atom. The fourth-order valence-corrected chi connectivity index (χ4v) is 1.99. The molecule has 0 saturated carbocycles. The maximum Gasteiger partial charge on any atom is 0.412 e. The molecule has 6 heteroatoms. The molecule has 1 amide bonds. The van der Waals surface area contributed by atoms with E-state index in [2.05, 4.69) is 5.32 Å². The fraction of sp³-hybridized carbons (Fsp3) is 0.562. The van der Waals surface area contributed by atoms with E-state index >= 15 is 0 Å². The van der Waals surface area contributed by atoms with E-state index in [0.717, 1.165) is 5.56 Å². The Morgan fingerprint density at radius 2 is 1.91 bits per heavy atom. The van der Waals surface area contributed by atoms with Gasteiger partial charge in [0.15, 0.2) is 11.5 Å². The molecule has 0 fully saturated rings. The molecule has 22 heavy (non-hydrogen) atoms. The summed E-state index contributed by atoms with van der Waals surface area (Å²) < 4.78 is 15.8. The van der Waals surface area contributed by atoms with Crippen molar-refractivity contribution in [1.29, 1.82) is 0 Å². The van der Waals surface area contributed by atoms with E-state index in [-0.39, 0.29) is 0 Å². The highest BCUT2D eigenvalue weighted by Crippen LogP contribution is 2.37. The van der Waals surface area contributed by atoms with Gasteiger partial charge in [-0.15, -0.1) is 0 Å². The van der Waals surface area contributed by atoms with E-state index in [1.807, 2.05) is 0 Å². The molecule has 1 atom stereocenters. The SMILES string of the molecule is COc1cc(CC(C)O)cc(NC(=O)OC(C)(C)C)c1OC. The first-order chi connectivity index (χ1) is 10.2. The summed E-state index contributed by atoms with van der Waals surface area (Å²) in [6.45, 7) is 7.05. The number of methoxy groups -OCH3 is 2. The standard InChI is InChI=1S/C16H25NO5/c1-10(18)7-11-8-12(14(21-6)13(9-11)20-5)17-15(19)22-16(2,3)4/h8-10,18H,7H2,1-6H3,(H,17,19). The zero-order valence-corrected chi connectivity index (χ0v) is 14.0. The van der Waals surface area contributed by atoms with Crippen LogP contribution in [0.5, 0.6) is 11.5 Å². The summed E-state index contributed by atoms with van der Waals surface area (Å²) in [5.41, 5.74) is 0.656. The second-order valence-corrected chi connectivity index (χ2v) is 6.06. The van der Waals surface area contributed by atoms with Gasteiger partial charge in [0.1, 0.15) is 5.60 Å². The summed E-state index contributed by atoms with van der Waals surface area (Å²) in [4.78, 5) is 12.0. The van der Waals surface area contributed by atoms with Crippen LogP contribution in [0.3, 0.4) is 0 Å². The second kappa shape index (κ2) is 7.35. The third-order valence-electron chi connectivity index (χ3n) is 2.71. The average molecular weight is 311 g/mol. The zero-order valence-electron chi connectivity index (χ0n) is 14.0. The number of ether oxygens (including phenoxy) is 3. The lowest BCUT2D eigenvalue weighted by Gasteiger charge is -2.21. The zero-order chi connectivity index (χ0) is 16.9. The maximum atomic E-state index is 12.0. The third-order valence-corrected chi connectivity index (χ3v) is 2.71. The van der Waals surface area contributed by atoms with Crippen LogP contribution in [0.1, 0.15) is 33.3 Å². The molecule has 0 aliphatic heterocycles. The first kappa shape index (κ1) is 18.1. The molecule has 0 aliphatic carbocycles. The Labute approximate surface area is 131 Å². The lowest BCUT2D eigenvalue weighted by molar-refractivity contribution is 0.0635. The molecule has 6 nitrogen and oxygen atoms in total. The van der Waals surface area contributed by atoms with Crippen molar-refractivity contribution >= 4 is 11.8 Å². The quantitative estimate of drug-likeness (QED) is 0.874. The summed E-state index contributed by atoms with van der Waals surface area (Å²) in [7, 11) is 3.01. The molecule has 0 saturated heterocycles. The van der Waals surface area contributed by atoms with Crippen molar-refractivity contribution < 1.29 is 24.1 Å². The number of aliphatic hydroxyl groups excluding tert-OH is 1. The van der Waals surface area contributed by atoms with Crippen LogP contribution < -0.4 is 14.8 Å². The Kier molecular flexibility index (Phi) is 6.05. The van der Waals surface area contributed by atoms with Crippen LogP contribution in [0.2, 0.25) is 0 Å². The lowest BCUT2D eigenvalue weighted by Crippen LogP contribution is -2.27. The Bertz CT molecular complexity index is 520. The highest BCUT2D eigenvalue weighted by Gasteiger charge is 2.20. The van der Waals surface area contributed by atoms with Gasteiger partial charge in [-0.1, -0.05) is 0 Å². The van der Waals surface area contributed by atoms with Gasteiger partial charge in [-0.25, -0.2) is 4.79 Å².